The van der Waals surface area contributed by atoms with Gasteiger partial charge in [0.1, 0.15) is 21.8 Å². The standard InChI is InChI=1S/C29H34N4O3S2/c1-5-6-13-32-26(31-17-19(2)36-20(3)18-31)23(21(4)24(16-30)27(32)34)15-25-28(35)33(29(37)38-25)14-12-22-10-8-7-9-11-22/h7-11,15,19-20H,5-6,12-14,17-18H2,1-4H3/b25-15+. The maximum Gasteiger partial charge on any atom is 0.270 e. The molecule has 7 nitrogen and oxygen atoms in total. The summed E-state index contributed by atoms with van der Waals surface area (Å²) in [7, 11) is 0. The van der Waals surface area contributed by atoms with E-state index in [-0.39, 0.29) is 29.2 Å². The molecule has 0 bridgehead atoms. The summed E-state index contributed by atoms with van der Waals surface area (Å²) in [5, 5.41) is 9.92. The van der Waals surface area contributed by atoms with E-state index in [4.69, 9.17) is 17.0 Å². The summed E-state index contributed by atoms with van der Waals surface area (Å²) in [6.07, 6.45) is 4.21. The van der Waals surface area contributed by atoms with Crippen molar-refractivity contribution in [2.24, 2.45) is 0 Å². The van der Waals surface area contributed by atoms with E-state index < -0.39 is 0 Å². The number of carbonyl (C=O) groups is 1. The number of pyridine rings is 1. The fourth-order valence-electron chi connectivity index (χ4n) is 5.07. The van der Waals surface area contributed by atoms with Crippen LogP contribution >= 0.6 is 24.0 Å². The average molecular weight is 551 g/mol. The van der Waals surface area contributed by atoms with Crippen molar-refractivity contribution in [3.05, 3.63) is 67.8 Å². The maximum absolute atomic E-state index is 13.5. The minimum Gasteiger partial charge on any atom is -0.372 e. The first-order chi connectivity index (χ1) is 18.2. The lowest BCUT2D eigenvalue weighted by molar-refractivity contribution is -0.122. The zero-order chi connectivity index (χ0) is 27.4. The highest BCUT2D eigenvalue weighted by Gasteiger charge is 2.34. The van der Waals surface area contributed by atoms with E-state index in [0.29, 0.717) is 47.4 Å². The van der Waals surface area contributed by atoms with Crippen LogP contribution in [0.4, 0.5) is 5.82 Å². The third-order valence-corrected chi connectivity index (χ3v) is 8.29. The van der Waals surface area contributed by atoms with Crippen molar-refractivity contribution in [2.75, 3.05) is 24.5 Å². The van der Waals surface area contributed by atoms with Gasteiger partial charge < -0.3 is 9.64 Å². The van der Waals surface area contributed by atoms with Crippen molar-refractivity contribution < 1.29 is 9.53 Å². The van der Waals surface area contributed by atoms with Gasteiger partial charge in [-0.05, 0) is 50.8 Å². The van der Waals surface area contributed by atoms with Crippen molar-refractivity contribution in [1.29, 1.82) is 5.26 Å². The van der Waals surface area contributed by atoms with Crippen LogP contribution in [0.2, 0.25) is 0 Å². The second-order valence-electron chi connectivity index (χ2n) is 9.89. The van der Waals surface area contributed by atoms with Gasteiger partial charge in [0.05, 0.1) is 17.1 Å². The quantitative estimate of drug-likeness (QED) is 0.342. The number of hydrogen-bond donors (Lipinski definition) is 0. The van der Waals surface area contributed by atoms with Gasteiger partial charge in [-0.25, -0.2) is 0 Å². The number of morpholine rings is 1. The van der Waals surface area contributed by atoms with E-state index in [1.807, 2.05) is 50.3 Å². The predicted octanol–water partition coefficient (Wildman–Crippen LogP) is 4.89. The largest absolute Gasteiger partial charge is 0.372 e. The van der Waals surface area contributed by atoms with Crippen molar-refractivity contribution in [2.45, 2.75) is 65.7 Å². The number of nitriles is 1. The number of benzene rings is 1. The molecule has 4 rings (SSSR count). The van der Waals surface area contributed by atoms with E-state index in [0.717, 1.165) is 29.8 Å². The summed E-state index contributed by atoms with van der Waals surface area (Å²) in [5.41, 5.74) is 2.28. The molecule has 9 heteroatoms. The number of nitrogens with zero attached hydrogens (tertiary/aromatic N) is 4. The molecule has 0 spiro atoms. The number of anilines is 1. The van der Waals surface area contributed by atoms with E-state index in [1.54, 1.807) is 16.4 Å². The van der Waals surface area contributed by atoms with Gasteiger partial charge in [-0.1, -0.05) is 67.7 Å². The number of aromatic nitrogens is 1. The Balaban J connectivity index is 1.79. The van der Waals surface area contributed by atoms with E-state index in [2.05, 4.69) is 17.9 Å². The monoisotopic (exact) mass is 550 g/mol. The predicted molar refractivity (Wildman–Crippen MR) is 157 cm³/mol. The third-order valence-electron chi connectivity index (χ3n) is 6.92. The highest BCUT2D eigenvalue weighted by molar-refractivity contribution is 8.26. The summed E-state index contributed by atoms with van der Waals surface area (Å²) in [4.78, 5) is 31.3. The lowest BCUT2D eigenvalue weighted by Gasteiger charge is -2.39. The number of amides is 1. The summed E-state index contributed by atoms with van der Waals surface area (Å²) < 4.78 is 8.21. The Morgan fingerprint density at radius 1 is 1.16 bits per heavy atom. The summed E-state index contributed by atoms with van der Waals surface area (Å²) in [6.45, 7) is 10.1. The number of rotatable bonds is 8. The molecule has 2 aliphatic heterocycles. The van der Waals surface area contributed by atoms with Crippen LogP contribution in [0.3, 0.4) is 0 Å². The van der Waals surface area contributed by atoms with Gasteiger partial charge in [0.2, 0.25) is 0 Å². The van der Waals surface area contributed by atoms with Crippen molar-refractivity contribution in [3.63, 3.8) is 0 Å². The Kier molecular flexibility index (Phi) is 9.08. The number of unbranched alkanes of at least 4 members (excludes halogenated alkanes) is 1. The van der Waals surface area contributed by atoms with E-state index in [9.17, 15) is 14.9 Å². The van der Waals surface area contributed by atoms with Crippen LogP contribution in [-0.2, 0) is 22.5 Å². The molecule has 0 saturated carbocycles. The number of thioether (sulfide) groups is 1. The highest BCUT2D eigenvalue weighted by atomic mass is 32.2. The Labute approximate surface area is 234 Å². The van der Waals surface area contributed by atoms with Gasteiger partial charge in [0.25, 0.3) is 11.5 Å². The van der Waals surface area contributed by atoms with Crippen LogP contribution in [0.15, 0.2) is 40.0 Å². The normalized spacial score (nSPS) is 20.9. The maximum atomic E-state index is 13.5. The Morgan fingerprint density at radius 3 is 2.47 bits per heavy atom. The van der Waals surface area contributed by atoms with Crippen LogP contribution in [0.25, 0.3) is 6.08 Å². The van der Waals surface area contributed by atoms with Crippen LogP contribution in [0, 0.1) is 18.3 Å². The first-order valence-corrected chi connectivity index (χ1v) is 14.3. The zero-order valence-electron chi connectivity index (χ0n) is 22.4. The van der Waals surface area contributed by atoms with Gasteiger partial charge in [-0.3, -0.25) is 19.1 Å². The summed E-state index contributed by atoms with van der Waals surface area (Å²) in [6, 6.07) is 12.1. The first-order valence-electron chi connectivity index (χ1n) is 13.1. The number of ether oxygens (including phenoxy) is 1. The molecule has 38 heavy (non-hydrogen) atoms. The molecular formula is C29H34N4O3S2. The molecule has 2 aromatic rings. The molecule has 1 aromatic carbocycles. The van der Waals surface area contributed by atoms with Gasteiger partial charge in [0, 0.05) is 31.7 Å². The minimum atomic E-state index is -0.284. The van der Waals surface area contributed by atoms with Crippen LogP contribution < -0.4 is 10.5 Å². The van der Waals surface area contributed by atoms with E-state index >= 15 is 0 Å². The van der Waals surface area contributed by atoms with Crippen LogP contribution in [0.1, 0.15) is 55.9 Å². The van der Waals surface area contributed by atoms with Crippen LogP contribution in [-0.4, -0.2) is 51.5 Å². The lowest BCUT2D eigenvalue weighted by atomic mass is 10.0. The second kappa shape index (κ2) is 12.3. The summed E-state index contributed by atoms with van der Waals surface area (Å²) >= 11 is 6.87. The second-order valence-corrected chi connectivity index (χ2v) is 11.6. The molecule has 2 unspecified atom stereocenters. The molecule has 0 N–H and O–H groups in total. The topological polar surface area (TPSA) is 78.6 Å². The minimum absolute atomic E-state index is 0.0199. The Morgan fingerprint density at radius 2 is 1.84 bits per heavy atom. The third kappa shape index (κ3) is 5.88. The molecule has 1 aromatic heterocycles. The lowest BCUT2D eigenvalue weighted by Crippen LogP contribution is -2.48. The molecule has 2 atom stereocenters. The number of hydrogen-bond acceptors (Lipinski definition) is 7. The number of thiocarbonyl (C=S) groups is 1. The fraction of sp³-hybridized carbons (Fsp3) is 0.448. The van der Waals surface area contributed by atoms with Crippen molar-refractivity contribution in [1.82, 2.24) is 9.47 Å². The molecule has 3 heterocycles. The molecule has 2 aliphatic rings. The molecule has 2 saturated heterocycles. The Hall–Kier alpha value is -2.93. The average Bonchev–Trinajstić information content (AvgIpc) is 3.15. The summed E-state index contributed by atoms with van der Waals surface area (Å²) in [5.74, 6) is 0.603. The molecule has 2 fully saturated rings. The molecule has 0 aliphatic carbocycles. The Bertz CT molecular complexity index is 1340. The van der Waals surface area contributed by atoms with Crippen molar-refractivity contribution >= 4 is 46.1 Å². The van der Waals surface area contributed by atoms with Crippen molar-refractivity contribution in [3.8, 4) is 6.07 Å². The first kappa shape index (κ1) is 28.1. The smallest absolute Gasteiger partial charge is 0.270 e. The van der Waals surface area contributed by atoms with Gasteiger partial charge in [-0.2, -0.15) is 5.26 Å². The zero-order valence-corrected chi connectivity index (χ0v) is 24.0. The number of carbonyl (C=O) groups excluding carboxylic acids is 1. The molecular weight excluding hydrogens is 516 g/mol. The SMILES string of the molecule is CCCCn1c(N2CC(C)OC(C)C2)c(/C=C2/SC(=S)N(CCc3ccccc3)C2=O)c(C)c(C#N)c1=O. The van der Waals surface area contributed by atoms with Gasteiger partial charge in [-0.15, -0.1) is 0 Å². The highest BCUT2D eigenvalue weighted by Crippen LogP contribution is 2.36. The fourth-order valence-corrected chi connectivity index (χ4v) is 6.36. The molecule has 0 radical (unpaired) electrons. The van der Waals surface area contributed by atoms with Gasteiger partial charge in [0.15, 0.2) is 0 Å². The molecule has 200 valence electrons. The van der Waals surface area contributed by atoms with Gasteiger partial charge >= 0.3 is 0 Å². The van der Waals surface area contributed by atoms with Crippen LogP contribution in [0.5, 0.6) is 0 Å². The molecule has 1 amide bonds. The van der Waals surface area contributed by atoms with E-state index in [1.165, 1.54) is 11.8 Å².